The number of hydrogen-bond donors (Lipinski definition) is 0. The lowest BCUT2D eigenvalue weighted by molar-refractivity contribution is -0.138. The lowest BCUT2D eigenvalue weighted by atomic mass is 9.90. The molecule has 0 radical (unpaired) electrons. The Bertz CT molecular complexity index is 1560. The van der Waals surface area contributed by atoms with Gasteiger partial charge in [-0.25, -0.2) is 9.37 Å². The third-order valence-corrected chi connectivity index (χ3v) is 7.38. The largest absolute Gasteiger partial charge is 0.475 e. The van der Waals surface area contributed by atoms with Crippen LogP contribution in [0.4, 0.5) is 17.6 Å². The number of amides is 1. The first-order valence-corrected chi connectivity index (χ1v) is 11.1. The van der Waals surface area contributed by atoms with E-state index in [2.05, 4.69) is 4.98 Å². The molecular formula is C24H18F4N4O4. The van der Waals surface area contributed by atoms with Crippen molar-refractivity contribution in [2.75, 3.05) is 13.1 Å². The van der Waals surface area contributed by atoms with Crippen molar-refractivity contribution >= 4 is 11.7 Å². The van der Waals surface area contributed by atoms with Crippen molar-refractivity contribution in [2.24, 2.45) is 0 Å². The number of rotatable bonds is 3. The second-order valence-electron chi connectivity index (χ2n) is 9.41. The van der Waals surface area contributed by atoms with Crippen molar-refractivity contribution in [3.63, 3.8) is 0 Å². The zero-order valence-electron chi connectivity index (χ0n) is 19.0. The van der Waals surface area contributed by atoms with Crippen LogP contribution in [-0.2, 0) is 22.9 Å². The highest BCUT2D eigenvalue weighted by atomic mass is 19.4. The molecule has 0 saturated heterocycles. The van der Waals surface area contributed by atoms with Crippen LogP contribution in [0.5, 0.6) is 5.75 Å². The predicted molar refractivity (Wildman–Crippen MR) is 116 cm³/mol. The number of fused-ring (bicyclic) bond motifs is 4. The van der Waals surface area contributed by atoms with Crippen LogP contribution >= 0.6 is 0 Å². The molecule has 186 valence electrons. The second kappa shape index (κ2) is 6.83. The summed E-state index contributed by atoms with van der Waals surface area (Å²) in [4.78, 5) is 44.7. The van der Waals surface area contributed by atoms with Crippen LogP contribution in [0.3, 0.4) is 0 Å². The Morgan fingerprint density at radius 3 is 2.56 bits per heavy atom. The van der Waals surface area contributed by atoms with Crippen LogP contribution < -0.4 is 10.3 Å². The van der Waals surface area contributed by atoms with E-state index >= 15 is 0 Å². The summed E-state index contributed by atoms with van der Waals surface area (Å²) in [5.41, 5.74) is -3.99. The molecule has 6 rings (SSSR count). The number of Topliss-reactive ketones (excluding diaryl/α,β-unsaturated/α-hetero) is 1. The maximum absolute atomic E-state index is 14.6. The molecule has 2 aromatic heterocycles. The van der Waals surface area contributed by atoms with Crippen LogP contribution in [0.25, 0.3) is 5.69 Å². The number of halogens is 4. The number of benzene rings is 1. The molecule has 1 aliphatic carbocycles. The molecule has 0 N–H and O–H groups in total. The minimum atomic E-state index is -4.83. The third kappa shape index (κ3) is 2.75. The van der Waals surface area contributed by atoms with Gasteiger partial charge in [-0.2, -0.15) is 13.2 Å². The fourth-order valence-electron chi connectivity index (χ4n) is 5.38. The molecule has 0 spiro atoms. The number of imidazole rings is 1. The topological polar surface area (TPSA) is 86.4 Å². The van der Waals surface area contributed by atoms with Gasteiger partial charge in [0.2, 0.25) is 0 Å². The van der Waals surface area contributed by atoms with E-state index in [1.807, 2.05) is 0 Å². The number of carbonyl (C=O) groups is 2. The van der Waals surface area contributed by atoms with Crippen molar-refractivity contribution in [3.05, 3.63) is 75.5 Å². The Kier molecular flexibility index (Phi) is 4.27. The van der Waals surface area contributed by atoms with Gasteiger partial charge in [0.05, 0.1) is 17.6 Å². The number of ether oxygens (including phenoxy) is 1. The number of nitrogens with zero attached hydrogens (tertiary/aromatic N) is 4. The highest BCUT2D eigenvalue weighted by Crippen LogP contribution is 2.64. The van der Waals surface area contributed by atoms with Crippen LogP contribution in [-0.4, -0.2) is 49.4 Å². The van der Waals surface area contributed by atoms with Crippen molar-refractivity contribution in [3.8, 4) is 11.4 Å². The predicted octanol–water partition coefficient (Wildman–Crippen LogP) is 2.63. The van der Waals surface area contributed by atoms with Gasteiger partial charge in [0.25, 0.3) is 11.5 Å². The number of hydrogen-bond acceptors (Lipinski definition) is 5. The SMILES string of the molecule is Cc1cn(-c2ccc3n(c2=O)CCN(C[C@@]24C(=O)[C@]2(C)Oc2c(F)cc(C(F)(F)F)cc24)C3=O)cn1. The molecule has 2 atom stereocenters. The normalized spacial score (nSPS) is 24.3. The van der Waals surface area contributed by atoms with E-state index < -0.39 is 51.6 Å². The number of aromatic nitrogens is 3. The average Bonchev–Trinajstić information content (AvgIpc) is 3.12. The van der Waals surface area contributed by atoms with E-state index in [0.29, 0.717) is 17.4 Å². The fraction of sp³-hybridized carbons (Fsp3) is 0.333. The highest BCUT2D eigenvalue weighted by Gasteiger charge is 2.83. The summed E-state index contributed by atoms with van der Waals surface area (Å²) in [6, 6.07) is 4.02. The molecule has 3 aromatic rings. The van der Waals surface area contributed by atoms with Gasteiger partial charge in [-0.3, -0.25) is 14.4 Å². The Hall–Kier alpha value is -3.96. The molecule has 36 heavy (non-hydrogen) atoms. The zero-order chi connectivity index (χ0) is 25.8. The van der Waals surface area contributed by atoms with Gasteiger partial charge in [0, 0.05) is 31.4 Å². The maximum atomic E-state index is 14.6. The molecule has 0 bridgehead atoms. The summed E-state index contributed by atoms with van der Waals surface area (Å²) in [6.45, 7) is 2.99. The summed E-state index contributed by atoms with van der Waals surface area (Å²) in [7, 11) is 0. The molecule has 12 heteroatoms. The standard InChI is InChI=1S/C24H18F4N4O4/c1-12-9-31(11-29-12)16-3-4-17-19(33)30(5-6-32(17)20(16)34)10-23-14-7-13(24(26,27)28)8-15(25)18(14)36-22(23,2)21(23)35/h3-4,7-9,11H,5-6,10H2,1-2H3/t22-,23+/m0/s1. The Balaban J connectivity index is 1.37. The summed E-state index contributed by atoms with van der Waals surface area (Å²) in [6.07, 6.45) is -1.67. The molecule has 2 aliphatic heterocycles. The van der Waals surface area contributed by atoms with Crippen LogP contribution in [0, 0.1) is 12.7 Å². The van der Waals surface area contributed by atoms with Gasteiger partial charge in [-0.05, 0) is 38.1 Å². The molecule has 0 unspecified atom stereocenters. The van der Waals surface area contributed by atoms with Gasteiger partial charge >= 0.3 is 6.18 Å². The van der Waals surface area contributed by atoms with Gasteiger partial charge < -0.3 is 18.8 Å². The van der Waals surface area contributed by atoms with E-state index in [4.69, 9.17) is 4.74 Å². The highest BCUT2D eigenvalue weighted by molar-refractivity contribution is 6.19. The monoisotopic (exact) mass is 502 g/mol. The zero-order valence-corrected chi connectivity index (χ0v) is 19.0. The lowest BCUT2D eigenvalue weighted by Crippen LogP contribution is -2.48. The first kappa shape index (κ1) is 22.5. The molecule has 4 heterocycles. The molecule has 1 saturated carbocycles. The summed E-state index contributed by atoms with van der Waals surface area (Å²) >= 11 is 0. The van der Waals surface area contributed by atoms with E-state index in [9.17, 15) is 31.9 Å². The molecule has 1 aromatic carbocycles. The second-order valence-corrected chi connectivity index (χ2v) is 9.41. The van der Waals surface area contributed by atoms with Crippen molar-refractivity contribution in [1.29, 1.82) is 0 Å². The van der Waals surface area contributed by atoms with Gasteiger partial charge in [-0.15, -0.1) is 0 Å². The van der Waals surface area contributed by atoms with Crippen LogP contribution in [0.15, 0.2) is 41.6 Å². The quantitative estimate of drug-likeness (QED) is 0.514. The summed E-state index contributed by atoms with van der Waals surface area (Å²) in [5, 5.41) is 0. The Morgan fingerprint density at radius 2 is 1.89 bits per heavy atom. The molecule has 1 fully saturated rings. The van der Waals surface area contributed by atoms with Crippen LogP contribution in [0.1, 0.15) is 34.2 Å². The number of alkyl halides is 3. The average molecular weight is 502 g/mol. The fourth-order valence-corrected chi connectivity index (χ4v) is 5.38. The maximum Gasteiger partial charge on any atom is 0.416 e. The first-order chi connectivity index (χ1) is 16.9. The summed E-state index contributed by atoms with van der Waals surface area (Å²) in [5.74, 6) is -2.72. The third-order valence-electron chi connectivity index (χ3n) is 7.38. The van der Waals surface area contributed by atoms with Gasteiger partial charge in [0.15, 0.2) is 23.0 Å². The number of carbonyl (C=O) groups excluding carboxylic acids is 2. The minimum Gasteiger partial charge on any atom is -0.475 e. The smallest absolute Gasteiger partial charge is 0.416 e. The van der Waals surface area contributed by atoms with E-state index in [0.717, 1.165) is 6.07 Å². The van der Waals surface area contributed by atoms with Crippen LogP contribution in [0.2, 0.25) is 0 Å². The Morgan fingerprint density at radius 1 is 1.14 bits per heavy atom. The van der Waals surface area contributed by atoms with Crippen molar-refractivity contribution in [1.82, 2.24) is 19.0 Å². The number of aryl methyl sites for hydroxylation is 1. The first-order valence-electron chi connectivity index (χ1n) is 11.1. The van der Waals surface area contributed by atoms with Gasteiger partial charge in [0.1, 0.15) is 16.8 Å². The summed E-state index contributed by atoms with van der Waals surface area (Å²) < 4.78 is 63.1. The van der Waals surface area contributed by atoms with Crippen molar-refractivity contribution in [2.45, 2.75) is 37.6 Å². The molecular weight excluding hydrogens is 484 g/mol. The molecule has 8 nitrogen and oxygen atoms in total. The minimum absolute atomic E-state index is 0.0278. The van der Waals surface area contributed by atoms with E-state index in [-0.39, 0.29) is 30.9 Å². The Labute approximate surface area is 200 Å². The number of pyridine rings is 1. The lowest BCUT2D eigenvalue weighted by Gasteiger charge is -2.32. The van der Waals surface area contributed by atoms with E-state index in [1.54, 1.807) is 17.7 Å². The molecule has 3 aliphatic rings. The van der Waals surface area contributed by atoms with E-state index in [1.165, 1.54) is 34.9 Å². The molecule has 1 amide bonds. The number of ketones is 1. The van der Waals surface area contributed by atoms with Crippen molar-refractivity contribution < 1.29 is 31.9 Å². The van der Waals surface area contributed by atoms with Gasteiger partial charge in [-0.1, -0.05) is 0 Å².